The van der Waals surface area contributed by atoms with Gasteiger partial charge in [0.2, 0.25) is 0 Å². The van der Waals surface area contributed by atoms with Crippen LogP contribution in [0.1, 0.15) is 33.6 Å². The lowest BCUT2D eigenvalue weighted by Gasteiger charge is -2.28. The molecule has 1 aliphatic rings. The van der Waals surface area contributed by atoms with Gasteiger partial charge >= 0.3 is 0 Å². The third kappa shape index (κ3) is 2.76. The highest BCUT2D eigenvalue weighted by molar-refractivity contribution is 4.79. The fourth-order valence-corrected chi connectivity index (χ4v) is 1.67. The van der Waals surface area contributed by atoms with E-state index in [0.717, 1.165) is 26.1 Å². The second-order valence-electron chi connectivity index (χ2n) is 4.70. The van der Waals surface area contributed by atoms with E-state index in [-0.39, 0.29) is 6.10 Å². The van der Waals surface area contributed by atoms with Gasteiger partial charge in [-0.05, 0) is 18.3 Å². The van der Waals surface area contributed by atoms with Crippen molar-refractivity contribution < 1.29 is 5.11 Å². The Morgan fingerprint density at radius 1 is 1.50 bits per heavy atom. The number of aliphatic hydroxyl groups excluding tert-OH is 1. The van der Waals surface area contributed by atoms with Gasteiger partial charge in [0.25, 0.3) is 0 Å². The van der Waals surface area contributed by atoms with Gasteiger partial charge in [0.05, 0.1) is 6.10 Å². The van der Waals surface area contributed by atoms with Gasteiger partial charge in [-0.1, -0.05) is 20.8 Å². The number of nitrogens with zero attached hydrogens (tertiary/aromatic N) is 1. The summed E-state index contributed by atoms with van der Waals surface area (Å²) < 4.78 is 0. The lowest BCUT2D eigenvalue weighted by atomic mass is 9.90. The molecular weight excluding hydrogens is 150 g/mol. The van der Waals surface area contributed by atoms with Crippen LogP contribution < -0.4 is 0 Å². The Morgan fingerprint density at radius 3 is 2.58 bits per heavy atom. The van der Waals surface area contributed by atoms with Crippen molar-refractivity contribution in [2.45, 2.75) is 39.7 Å². The first-order chi connectivity index (χ1) is 5.53. The highest BCUT2D eigenvalue weighted by Crippen LogP contribution is 2.23. The molecule has 12 heavy (non-hydrogen) atoms. The lowest BCUT2D eigenvalue weighted by Crippen LogP contribution is -2.32. The van der Waals surface area contributed by atoms with E-state index in [9.17, 15) is 5.11 Å². The van der Waals surface area contributed by atoms with E-state index in [1.165, 1.54) is 6.42 Å². The van der Waals surface area contributed by atoms with Gasteiger partial charge in [-0.15, -0.1) is 0 Å². The summed E-state index contributed by atoms with van der Waals surface area (Å²) >= 11 is 0. The van der Waals surface area contributed by atoms with E-state index >= 15 is 0 Å². The highest BCUT2D eigenvalue weighted by Gasteiger charge is 2.25. The Labute approximate surface area is 75.6 Å². The molecule has 0 aromatic carbocycles. The summed E-state index contributed by atoms with van der Waals surface area (Å²) in [5.74, 6) is 0. The van der Waals surface area contributed by atoms with Crippen molar-refractivity contribution in [2.24, 2.45) is 5.41 Å². The van der Waals surface area contributed by atoms with Crippen LogP contribution in [-0.2, 0) is 0 Å². The Hall–Kier alpha value is -0.0800. The monoisotopic (exact) mass is 171 g/mol. The normalized spacial score (nSPS) is 26.5. The van der Waals surface area contributed by atoms with E-state index in [1.807, 2.05) is 0 Å². The predicted molar refractivity (Wildman–Crippen MR) is 51.1 cm³/mol. The largest absolute Gasteiger partial charge is 0.392 e. The fraction of sp³-hybridized carbons (Fsp3) is 1.00. The number of aliphatic hydroxyl groups is 1. The van der Waals surface area contributed by atoms with Gasteiger partial charge in [-0.2, -0.15) is 0 Å². The summed E-state index contributed by atoms with van der Waals surface area (Å²) in [6.45, 7) is 9.89. The van der Waals surface area contributed by atoms with Crippen molar-refractivity contribution >= 4 is 0 Å². The zero-order chi connectivity index (χ0) is 9.19. The number of rotatable bonds is 3. The molecule has 0 aromatic rings. The van der Waals surface area contributed by atoms with Crippen molar-refractivity contribution in [3.05, 3.63) is 0 Å². The molecule has 0 amide bonds. The van der Waals surface area contributed by atoms with Crippen molar-refractivity contribution in [3.63, 3.8) is 0 Å². The molecule has 1 aliphatic heterocycles. The van der Waals surface area contributed by atoms with Crippen LogP contribution in [0, 0.1) is 5.41 Å². The topological polar surface area (TPSA) is 23.5 Å². The third-order valence-electron chi connectivity index (χ3n) is 2.86. The first-order valence-electron chi connectivity index (χ1n) is 4.94. The first-order valence-corrected chi connectivity index (χ1v) is 4.94. The van der Waals surface area contributed by atoms with Gasteiger partial charge < -0.3 is 10.0 Å². The Kier molecular flexibility index (Phi) is 3.13. The average molecular weight is 171 g/mol. The first kappa shape index (κ1) is 10.0. The van der Waals surface area contributed by atoms with Crippen LogP contribution in [-0.4, -0.2) is 35.7 Å². The molecule has 1 saturated heterocycles. The molecule has 0 aliphatic carbocycles. The fourth-order valence-electron chi connectivity index (χ4n) is 1.67. The Morgan fingerprint density at radius 2 is 2.17 bits per heavy atom. The van der Waals surface area contributed by atoms with Gasteiger partial charge in [0.15, 0.2) is 0 Å². The zero-order valence-electron chi connectivity index (χ0n) is 8.51. The molecule has 1 N–H and O–H groups in total. The summed E-state index contributed by atoms with van der Waals surface area (Å²) in [5.41, 5.74) is 0.407. The maximum atomic E-state index is 9.33. The molecule has 2 nitrogen and oxygen atoms in total. The highest BCUT2D eigenvalue weighted by atomic mass is 16.3. The standard InChI is InChI=1S/C10H21NO/c1-4-10(2,3)8-11-6-5-9(12)7-11/h9,12H,4-8H2,1-3H3/t9-/m1/s1. The molecular formula is C10H21NO. The molecule has 1 rings (SSSR count). The molecule has 0 unspecified atom stereocenters. The van der Waals surface area contributed by atoms with Crippen LogP contribution in [0.25, 0.3) is 0 Å². The van der Waals surface area contributed by atoms with Gasteiger partial charge in [-0.3, -0.25) is 0 Å². The zero-order valence-corrected chi connectivity index (χ0v) is 8.51. The minimum atomic E-state index is -0.0716. The Bertz CT molecular complexity index is 145. The lowest BCUT2D eigenvalue weighted by molar-refractivity contribution is 0.153. The van der Waals surface area contributed by atoms with Crippen LogP contribution >= 0.6 is 0 Å². The molecule has 2 heteroatoms. The van der Waals surface area contributed by atoms with Crippen molar-refractivity contribution in [2.75, 3.05) is 19.6 Å². The number of hydrogen-bond acceptors (Lipinski definition) is 2. The molecule has 0 spiro atoms. The third-order valence-corrected chi connectivity index (χ3v) is 2.86. The maximum Gasteiger partial charge on any atom is 0.0679 e. The van der Waals surface area contributed by atoms with Crippen LogP contribution in [0.4, 0.5) is 0 Å². The van der Waals surface area contributed by atoms with E-state index in [1.54, 1.807) is 0 Å². The molecule has 72 valence electrons. The van der Waals surface area contributed by atoms with Crippen LogP contribution in [0.5, 0.6) is 0 Å². The minimum Gasteiger partial charge on any atom is -0.392 e. The molecule has 0 bridgehead atoms. The molecule has 1 heterocycles. The van der Waals surface area contributed by atoms with E-state index in [2.05, 4.69) is 25.7 Å². The SMILES string of the molecule is CCC(C)(C)CN1CC[C@@H](O)C1. The van der Waals surface area contributed by atoms with Crippen molar-refractivity contribution in [1.29, 1.82) is 0 Å². The summed E-state index contributed by atoms with van der Waals surface area (Å²) in [6, 6.07) is 0. The summed E-state index contributed by atoms with van der Waals surface area (Å²) in [6.07, 6.45) is 2.09. The smallest absolute Gasteiger partial charge is 0.0679 e. The molecule has 0 saturated carbocycles. The van der Waals surface area contributed by atoms with Gasteiger partial charge in [0, 0.05) is 19.6 Å². The Balaban J connectivity index is 2.32. The molecule has 0 radical (unpaired) electrons. The molecule has 1 fully saturated rings. The van der Waals surface area contributed by atoms with E-state index < -0.39 is 0 Å². The van der Waals surface area contributed by atoms with Crippen molar-refractivity contribution in [3.8, 4) is 0 Å². The summed E-state index contributed by atoms with van der Waals surface area (Å²) in [5, 5.41) is 9.33. The van der Waals surface area contributed by atoms with Gasteiger partial charge in [-0.25, -0.2) is 0 Å². The second-order valence-corrected chi connectivity index (χ2v) is 4.70. The molecule has 0 aromatic heterocycles. The second kappa shape index (κ2) is 3.75. The quantitative estimate of drug-likeness (QED) is 0.695. The number of hydrogen-bond donors (Lipinski definition) is 1. The minimum absolute atomic E-state index is 0.0716. The predicted octanol–water partition coefficient (Wildman–Crippen LogP) is 1.49. The van der Waals surface area contributed by atoms with Crippen LogP contribution in [0.15, 0.2) is 0 Å². The number of β-amino-alcohol motifs (C(OH)–C–C–N with tert-alkyl or cyclic N) is 1. The van der Waals surface area contributed by atoms with Crippen LogP contribution in [0.3, 0.4) is 0 Å². The average Bonchev–Trinajstić information content (AvgIpc) is 2.35. The maximum absolute atomic E-state index is 9.33. The van der Waals surface area contributed by atoms with Crippen LogP contribution in [0.2, 0.25) is 0 Å². The number of likely N-dealkylation sites (tertiary alicyclic amines) is 1. The van der Waals surface area contributed by atoms with E-state index in [0.29, 0.717) is 5.41 Å². The van der Waals surface area contributed by atoms with E-state index in [4.69, 9.17) is 0 Å². The summed E-state index contributed by atoms with van der Waals surface area (Å²) in [4.78, 5) is 2.37. The molecule has 1 atom stereocenters. The van der Waals surface area contributed by atoms with Gasteiger partial charge in [0.1, 0.15) is 0 Å². The summed E-state index contributed by atoms with van der Waals surface area (Å²) in [7, 11) is 0. The van der Waals surface area contributed by atoms with Crippen molar-refractivity contribution in [1.82, 2.24) is 4.90 Å².